The number of hydrogen-bond donors (Lipinski definition) is 1. The van der Waals surface area contributed by atoms with E-state index in [9.17, 15) is 0 Å². The Bertz CT molecular complexity index is 511. The lowest BCUT2D eigenvalue weighted by Gasteiger charge is -2.15. The normalized spacial score (nSPS) is 10.9. The fourth-order valence-corrected chi connectivity index (χ4v) is 2.91. The standard InChI is InChI=1S/C14H19N3OS/c1-4-15-13-12(10(2)3)14(17-9-16-13)19-8-11-6-5-7-18-11/h5-7,9-10H,4,8H2,1-3H3,(H,15,16,17). The minimum atomic E-state index is 0.384. The summed E-state index contributed by atoms with van der Waals surface area (Å²) in [6, 6.07) is 3.89. The van der Waals surface area contributed by atoms with Crippen molar-refractivity contribution >= 4 is 17.6 Å². The Kier molecular flexibility index (Phi) is 4.85. The van der Waals surface area contributed by atoms with Crippen molar-refractivity contribution in [3.63, 3.8) is 0 Å². The molecule has 102 valence electrons. The lowest BCUT2D eigenvalue weighted by molar-refractivity contribution is 0.530. The topological polar surface area (TPSA) is 51.0 Å². The van der Waals surface area contributed by atoms with Gasteiger partial charge >= 0.3 is 0 Å². The van der Waals surface area contributed by atoms with Crippen LogP contribution in [0.1, 0.15) is 38.0 Å². The number of nitrogens with zero attached hydrogens (tertiary/aromatic N) is 2. The summed E-state index contributed by atoms with van der Waals surface area (Å²) in [5, 5.41) is 4.33. The molecule has 0 aromatic carbocycles. The van der Waals surface area contributed by atoms with Crippen molar-refractivity contribution in [1.29, 1.82) is 0 Å². The Morgan fingerprint density at radius 1 is 1.37 bits per heavy atom. The van der Waals surface area contributed by atoms with Crippen molar-refractivity contribution in [2.24, 2.45) is 0 Å². The first kappa shape index (κ1) is 13.9. The molecule has 0 aliphatic rings. The van der Waals surface area contributed by atoms with E-state index in [-0.39, 0.29) is 0 Å². The van der Waals surface area contributed by atoms with E-state index in [1.54, 1.807) is 24.4 Å². The van der Waals surface area contributed by atoms with Crippen molar-refractivity contribution in [2.45, 2.75) is 37.5 Å². The predicted octanol–water partition coefficient (Wildman–Crippen LogP) is 3.92. The molecule has 0 saturated heterocycles. The highest BCUT2D eigenvalue weighted by atomic mass is 32.2. The van der Waals surface area contributed by atoms with Crippen LogP contribution in [0.4, 0.5) is 5.82 Å². The van der Waals surface area contributed by atoms with E-state index < -0.39 is 0 Å². The van der Waals surface area contributed by atoms with Crippen LogP contribution in [0.2, 0.25) is 0 Å². The van der Waals surface area contributed by atoms with Gasteiger partial charge in [-0.25, -0.2) is 9.97 Å². The van der Waals surface area contributed by atoms with Gasteiger partial charge in [-0.1, -0.05) is 25.6 Å². The first-order valence-electron chi connectivity index (χ1n) is 6.46. The van der Waals surface area contributed by atoms with Gasteiger partial charge in [0.25, 0.3) is 0 Å². The van der Waals surface area contributed by atoms with E-state index >= 15 is 0 Å². The molecule has 1 N–H and O–H groups in total. The van der Waals surface area contributed by atoms with Crippen molar-refractivity contribution in [3.8, 4) is 0 Å². The molecule has 0 fully saturated rings. The summed E-state index contributed by atoms with van der Waals surface area (Å²) in [4.78, 5) is 8.75. The number of thioether (sulfide) groups is 1. The molecule has 0 aliphatic carbocycles. The van der Waals surface area contributed by atoms with Gasteiger partial charge in [0, 0.05) is 12.1 Å². The molecule has 0 saturated carbocycles. The third-order valence-corrected chi connectivity index (χ3v) is 3.73. The molecular formula is C14H19N3OS. The molecule has 0 atom stereocenters. The highest BCUT2D eigenvalue weighted by Crippen LogP contribution is 2.32. The Labute approximate surface area is 118 Å². The summed E-state index contributed by atoms with van der Waals surface area (Å²) >= 11 is 1.69. The van der Waals surface area contributed by atoms with E-state index in [2.05, 4.69) is 36.1 Å². The minimum absolute atomic E-state index is 0.384. The quantitative estimate of drug-likeness (QED) is 0.640. The summed E-state index contributed by atoms with van der Waals surface area (Å²) < 4.78 is 5.35. The second-order valence-corrected chi connectivity index (χ2v) is 5.46. The average Bonchev–Trinajstić information content (AvgIpc) is 2.89. The molecular weight excluding hydrogens is 258 g/mol. The molecule has 0 bridgehead atoms. The zero-order valence-electron chi connectivity index (χ0n) is 11.5. The number of aromatic nitrogens is 2. The van der Waals surface area contributed by atoms with Gasteiger partial charge in [0.2, 0.25) is 0 Å². The van der Waals surface area contributed by atoms with Crippen LogP contribution in [0, 0.1) is 0 Å². The van der Waals surface area contributed by atoms with Crippen LogP contribution in [-0.4, -0.2) is 16.5 Å². The highest BCUT2D eigenvalue weighted by molar-refractivity contribution is 7.98. The third-order valence-electron chi connectivity index (χ3n) is 2.70. The number of anilines is 1. The van der Waals surface area contributed by atoms with Crippen LogP contribution in [0.25, 0.3) is 0 Å². The first-order chi connectivity index (χ1) is 9.22. The van der Waals surface area contributed by atoms with E-state index in [4.69, 9.17) is 4.42 Å². The van der Waals surface area contributed by atoms with E-state index in [1.165, 1.54) is 5.56 Å². The van der Waals surface area contributed by atoms with Crippen LogP contribution in [0.15, 0.2) is 34.2 Å². The number of nitrogens with one attached hydrogen (secondary N) is 1. The maximum absolute atomic E-state index is 5.35. The summed E-state index contributed by atoms with van der Waals surface area (Å²) in [5.41, 5.74) is 1.18. The van der Waals surface area contributed by atoms with Gasteiger partial charge in [-0.2, -0.15) is 0 Å². The van der Waals surface area contributed by atoms with Gasteiger partial charge < -0.3 is 9.73 Å². The lowest BCUT2D eigenvalue weighted by Crippen LogP contribution is -2.07. The fourth-order valence-electron chi connectivity index (χ4n) is 1.86. The molecule has 4 nitrogen and oxygen atoms in total. The molecule has 19 heavy (non-hydrogen) atoms. The molecule has 0 amide bonds. The second kappa shape index (κ2) is 6.61. The average molecular weight is 277 g/mol. The summed E-state index contributed by atoms with van der Waals surface area (Å²) in [6.07, 6.45) is 3.32. The Morgan fingerprint density at radius 2 is 2.21 bits per heavy atom. The molecule has 0 spiro atoms. The maximum atomic E-state index is 5.35. The van der Waals surface area contributed by atoms with Gasteiger partial charge in [-0.3, -0.25) is 0 Å². The fraction of sp³-hybridized carbons (Fsp3) is 0.429. The predicted molar refractivity (Wildman–Crippen MR) is 78.6 cm³/mol. The molecule has 5 heteroatoms. The number of hydrogen-bond acceptors (Lipinski definition) is 5. The van der Waals surface area contributed by atoms with Crippen molar-refractivity contribution < 1.29 is 4.42 Å². The summed E-state index contributed by atoms with van der Waals surface area (Å²) in [6.45, 7) is 7.26. The minimum Gasteiger partial charge on any atom is -0.468 e. The molecule has 2 aromatic heterocycles. The van der Waals surface area contributed by atoms with Gasteiger partial charge in [0.15, 0.2) is 0 Å². The molecule has 2 aromatic rings. The largest absolute Gasteiger partial charge is 0.468 e. The first-order valence-corrected chi connectivity index (χ1v) is 7.44. The zero-order valence-corrected chi connectivity index (χ0v) is 12.3. The Hall–Kier alpha value is -1.49. The summed E-state index contributed by atoms with van der Waals surface area (Å²) in [7, 11) is 0. The van der Waals surface area contributed by atoms with Crippen LogP contribution >= 0.6 is 11.8 Å². The zero-order chi connectivity index (χ0) is 13.7. The van der Waals surface area contributed by atoms with E-state index in [1.807, 2.05) is 12.1 Å². The van der Waals surface area contributed by atoms with Gasteiger partial charge in [0.1, 0.15) is 22.9 Å². The van der Waals surface area contributed by atoms with E-state index in [0.717, 1.165) is 28.9 Å². The third kappa shape index (κ3) is 3.50. The molecule has 0 radical (unpaired) electrons. The van der Waals surface area contributed by atoms with Gasteiger partial charge in [-0.15, -0.1) is 0 Å². The van der Waals surface area contributed by atoms with Crippen LogP contribution in [-0.2, 0) is 5.75 Å². The van der Waals surface area contributed by atoms with Gasteiger partial charge in [-0.05, 0) is 25.0 Å². The van der Waals surface area contributed by atoms with Crippen LogP contribution in [0.3, 0.4) is 0 Å². The summed E-state index contributed by atoms with van der Waals surface area (Å²) in [5.74, 6) is 3.07. The molecule has 2 heterocycles. The highest BCUT2D eigenvalue weighted by Gasteiger charge is 2.15. The van der Waals surface area contributed by atoms with Crippen molar-refractivity contribution in [1.82, 2.24) is 9.97 Å². The SMILES string of the molecule is CCNc1ncnc(SCc2ccco2)c1C(C)C. The smallest absolute Gasteiger partial charge is 0.133 e. The molecule has 0 unspecified atom stereocenters. The van der Waals surface area contributed by atoms with Crippen LogP contribution in [0.5, 0.6) is 0 Å². The maximum Gasteiger partial charge on any atom is 0.133 e. The van der Waals surface area contributed by atoms with Crippen molar-refractivity contribution in [2.75, 3.05) is 11.9 Å². The number of rotatable bonds is 6. The Balaban J connectivity index is 2.20. The van der Waals surface area contributed by atoms with Gasteiger partial charge in [0.05, 0.1) is 12.0 Å². The molecule has 0 aliphatic heterocycles. The lowest BCUT2D eigenvalue weighted by atomic mass is 10.1. The van der Waals surface area contributed by atoms with E-state index in [0.29, 0.717) is 5.92 Å². The Morgan fingerprint density at radius 3 is 2.84 bits per heavy atom. The monoisotopic (exact) mass is 277 g/mol. The van der Waals surface area contributed by atoms with Crippen LogP contribution < -0.4 is 5.32 Å². The second-order valence-electron chi connectivity index (χ2n) is 4.49. The number of furan rings is 1. The van der Waals surface area contributed by atoms with Crippen molar-refractivity contribution in [3.05, 3.63) is 36.0 Å². The molecule has 2 rings (SSSR count).